The van der Waals surface area contributed by atoms with Crippen LogP contribution in [0.2, 0.25) is 0 Å². The minimum absolute atomic E-state index is 0.134. The zero-order chi connectivity index (χ0) is 20.9. The first kappa shape index (κ1) is 21.7. The van der Waals surface area contributed by atoms with Crippen LogP contribution in [0.5, 0.6) is 11.5 Å². The van der Waals surface area contributed by atoms with E-state index in [4.69, 9.17) is 4.74 Å². The fraction of sp³-hybridized carbons (Fsp3) is 0.520. The second-order valence-electron chi connectivity index (χ2n) is 8.55. The minimum atomic E-state index is -1.08. The Labute approximate surface area is 175 Å². The molecule has 3 rings (SSSR count). The second kappa shape index (κ2) is 9.64. The molecule has 0 aromatic heterocycles. The molecule has 0 spiro atoms. The summed E-state index contributed by atoms with van der Waals surface area (Å²) in [5.74, 6) is 1.68. The van der Waals surface area contributed by atoms with Gasteiger partial charge in [-0.05, 0) is 67.7 Å². The van der Waals surface area contributed by atoms with Gasteiger partial charge >= 0.3 is 0 Å². The number of rotatable bonds is 9. The van der Waals surface area contributed by atoms with E-state index in [0.717, 1.165) is 29.8 Å². The Morgan fingerprint density at radius 3 is 2.07 bits per heavy atom. The van der Waals surface area contributed by atoms with Crippen LogP contribution >= 0.6 is 0 Å². The summed E-state index contributed by atoms with van der Waals surface area (Å²) in [6.45, 7) is 3.67. The number of likely N-dealkylation sites (N-methyl/N-ethyl adjacent to an activating group) is 1. The van der Waals surface area contributed by atoms with Gasteiger partial charge in [0.2, 0.25) is 0 Å². The van der Waals surface area contributed by atoms with Gasteiger partial charge in [-0.2, -0.15) is 0 Å². The minimum Gasteiger partial charge on any atom is -0.508 e. The Bertz CT molecular complexity index is 751. The largest absolute Gasteiger partial charge is 0.508 e. The van der Waals surface area contributed by atoms with Gasteiger partial charge in [-0.3, -0.25) is 0 Å². The van der Waals surface area contributed by atoms with Crippen LogP contribution in [-0.2, 0) is 5.60 Å². The third-order valence-electron chi connectivity index (χ3n) is 6.35. The number of hydrogen-bond acceptors (Lipinski definition) is 4. The Balaban J connectivity index is 1.93. The molecule has 0 heterocycles. The van der Waals surface area contributed by atoms with Gasteiger partial charge in [0.05, 0.1) is 0 Å². The van der Waals surface area contributed by atoms with Gasteiger partial charge in [0.1, 0.15) is 23.7 Å². The first-order chi connectivity index (χ1) is 13.9. The molecule has 0 aliphatic heterocycles. The highest BCUT2D eigenvalue weighted by atomic mass is 16.5. The molecule has 0 saturated heterocycles. The number of aliphatic hydroxyl groups is 1. The summed E-state index contributed by atoms with van der Waals surface area (Å²) in [7, 11) is 4.05. The lowest BCUT2D eigenvalue weighted by atomic mass is 9.69. The summed E-state index contributed by atoms with van der Waals surface area (Å²) in [5, 5.41) is 21.9. The molecule has 0 amide bonds. The van der Waals surface area contributed by atoms with Crippen LogP contribution < -0.4 is 4.74 Å². The van der Waals surface area contributed by atoms with Crippen molar-refractivity contribution in [3.05, 3.63) is 59.7 Å². The predicted octanol–water partition coefficient (Wildman–Crippen LogP) is 4.78. The highest BCUT2D eigenvalue weighted by Gasteiger charge is 2.43. The zero-order valence-corrected chi connectivity index (χ0v) is 18.0. The van der Waals surface area contributed by atoms with Crippen LogP contribution in [0.15, 0.2) is 48.5 Å². The lowest BCUT2D eigenvalue weighted by Crippen LogP contribution is -2.39. The van der Waals surface area contributed by atoms with Crippen molar-refractivity contribution >= 4 is 0 Å². The van der Waals surface area contributed by atoms with Gasteiger partial charge in [0, 0.05) is 6.54 Å². The topological polar surface area (TPSA) is 52.9 Å². The van der Waals surface area contributed by atoms with E-state index in [1.807, 2.05) is 50.5 Å². The van der Waals surface area contributed by atoms with Crippen molar-refractivity contribution in [3.63, 3.8) is 0 Å². The lowest BCUT2D eigenvalue weighted by molar-refractivity contribution is -0.0131. The van der Waals surface area contributed by atoms with Crippen LogP contribution in [0.4, 0.5) is 0 Å². The molecule has 158 valence electrons. The first-order valence-electron chi connectivity index (χ1n) is 10.8. The molecule has 0 bridgehead atoms. The number of aromatic hydroxyl groups is 1. The Kier molecular flexibility index (Phi) is 7.20. The molecule has 2 atom stereocenters. The van der Waals surface area contributed by atoms with Crippen molar-refractivity contribution in [2.75, 3.05) is 27.2 Å². The number of benzene rings is 2. The van der Waals surface area contributed by atoms with Gasteiger partial charge in [0.15, 0.2) is 0 Å². The molecule has 0 radical (unpaired) electrons. The summed E-state index contributed by atoms with van der Waals surface area (Å²) >= 11 is 0. The standard InChI is InChI=1S/C25H35NO3/c1-4-24(19-7-5-6-8-19)25(28,20-9-13-22(27)14-10-20)21-11-15-23(16-12-21)29-18-17-26(2)3/h9-16,19,24,27-28H,4-8,17-18H2,1-3H3. The van der Waals surface area contributed by atoms with Gasteiger partial charge in [-0.25, -0.2) is 0 Å². The molecule has 1 saturated carbocycles. The Morgan fingerprint density at radius 2 is 1.55 bits per heavy atom. The van der Waals surface area contributed by atoms with Crippen LogP contribution in [0.25, 0.3) is 0 Å². The van der Waals surface area contributed by atoms with E-state index in [2.05, 4.69) is 11.8 Å². The highest BCUT2D eigenvalue weighted by molar-refractivity contribution is 5.41. The average molecular weight is 398 g/mol. The normalized spacial score (nSPS) is 18.0. The van der Waals surface area contributed by atoms with Crippen molar-refractivity contribution in [1.82, 2.24) is 4.90 Å². The molecule has 4 nitrogen and oxygen atoms in total. The molecule has 29 heavy (non-hydrogen) atoms. The SMILES string of the molecule is CCC(C1CCCC1)C(O)(c1ccc(O)cc1)c1ccc(OCCN(C)C)cc1. The van der Waals surface area contributed by atoms with Crippen LogP contribution in [-0.4, -0.2) is 42.4 Å². The summed E-state index contributed by atoms with van der Waals surface area (Å²) < 4.78 is 5.84. The Hall–Kier alpha value is -2.04. The third-order valence-corrected chi connectivity index (χ3v) is 6.35. The van der Waals surface area contributed by atoms with E-state index in [-0.39, 0.29) is 11.7 Å². The van der Waals surface area contributed by atoms with Crippen LogP contribution in [0.3, 0.4) is 0 Å². The molecule has 4 heteroatoms. The lowest BCUT2D eigenvalue weighted by Gasteiger charge is -2.40. The van der Waals surface area contributed by atoms with E-state index in [1.165, 1.54) is 25.7 Å². The van der Waals surface area contributed by atoms with E-state index in [0.29, 0.717) is 12.5 Å². The smallest absolute Gasteiger partial charge is 0.119 e. The molecule has 1 aliphatic carbocycles. The third kappa shape index (κ3) is 4.93. The monoisotopic (exact) mass is 397 g/mol. The molecular weight excluding hydrogens is 362 g/mol. The summed E-state index contributed by atoms with van der Waals surface area (Å²) in [6.07, 6.45) is 5.73. The highest BCUT2D eigenvalue weighted by Crippen LogP contribution is 2.47. The molecule has 2 aromatic carbocycles. The number of ether oxygens (including phenoxy) is 1. The summed E-state index contributed by atoms with van der Waals surface area (Å²) in [5.41, 5.74) is 0.650. The van der Waals surface area contributed by atoms with E-state index >= 15 is 0 Å². The van der Waals surface area contributed by atoms with E-state index < -0.39 is 5.60 Å². The van der Waals surface area contributed by atoms with Crippen LogP contribution in [0.1, 0.15) is 50.2 Å². The van der Waals surface area contributed by atoms with Crippen molar-refractivity contribution < 1.29 is 14.9 Å². The molecule has 1 fully saturated rings. The molecule has 2 N–H and O–H groups in total. The maximum Gasteiger partial charge on any atom is 0.119 e. The van der Waals surface area contributed by atoms with Gasteiger partial charge < -0.3 is 19.8 Å². The molecular formula is C25H35NO3. The first-order valence-corrected chi connectivity index (χ1v) is 10.8. The van der Waals surface area contributed by atoms with Crippen molar-refractivity contribution in [3.8, 4) is 11.5 Å². The number of hydrogen-bond donors (Lipinski definition) is 2. The molecule has 2 aromatic rings. The quantitative estimate of drug-likeness (QED) is 0.639. The zero-order valence-electron chi connectivity index (χ0n) is 18.0. The fourth-order valence-corrected chi connectivity index (χ4v) is 4.79. The van der Waals surface area contributed by atoms with E-state index in [1.54, 1.807) is 12.1 Å². The fourth-order valence-electron chi connectivity index (χ4n) is 4.79. The van der Waals surface area contributed by atoms with Crippen molar-refractivity contribution in [1.29, 1.82) is 0 Å². The van der Waals surface area contributed by atoms with Gasteiger partial charge in [-0.15, -0.1) is 0 Å². The number of phenolic OH excluding ortho intramolecular Hbond substituents is 1. The number of nitrogens with zero attached hydrogens (tertiary/aromatic N) is 1. The van der Waals surface area contributed by atoms with Crippen LogP contribution in [0, 0.1) is 11.8 Å². The average Bonchev–Trinajstić information content (AvgIpc) is 3.23. The van der Waals surface area contributed by atoms with Gasteiger partial charge in [0.25, 0.3) is 0 Å². The second-order valence-corrected chi connectivity index (χ2v) is 8.55. The molecule has 1 aliphatic rings. The number of phenols is 1. The Morgan fingerprint density at radius 1 is 1.00 bits per heavy atom. The molecule has 2 unspecified atom stereocenters. The van der Waals surface area contributed by atoms with E-state index in [9.17, 15) is 10.2 Å². The summed E-state index contributed by atoms with van der Waals surface area (Å²) in [4.78, 5) is 2.09. The maximum absolute atomic E-state index is 12.2. The van der Waals surface area contributed by atoms with Crippen molar-refractivity contribution in [2.24, 2.45) is 11.8 Å². The predicted molar refractivity (Wildman–Crippen MR) is 117 cm³/mol. The van der Waals surface area contributed by atoms with Crippen molar-refractivity contribution in [2.45, 2.75) is 44.6 Å². The maximum atomic E-state index is 12.2. The van der Waals surface area contributed by atoms with Gasteiger partial charge in [-0.1, -0.05) is 56.9 Å². The summed E-state index contributed by atoms with van der Waals surface area (Å²) in [6, 6.07) is 14.9.